The Bertz CT molecular complexity index is 566. The Morgan fingerprint density at radius 3 is 2.56 bits per heavy atom. The van der Waals surface area contributed by atoms with Gasteiger partial charge in [0.25, 0.3) is 0 Å². The molecule has 0 unspecified atom stereocenters. The Balaban J connectivity index is 2.29. The molecule has 0 spiro atoms. The van der Waals surface area contributed by atoms with Crippen LogP contribution < -0.4 is 10.5 Å². The molecule has 1 aliphatic carbocycles. The third-order valence-corrected chi connectivity index (χ3v) is 4.95. The standard InChI is InChI=1S/C12H17FN2O2S/c1-7-3-10(4-7)15-18(16,17)12-6-9(14)5-11(13)8(12)2/h5-7,10,15H,3-4,14H2,1-2H3. The highest BCUT2D eigenvalue weighted by molar-refractivity contribution is 7.89. The minimum Gasteiger partial charge on any atom is -0.399 e. The van der Waals surface area contributed by atoms with Crippen molar-refractivity contribution in [3.05, 3.63) is 23.5 Å². The van der Waals surface area contributed by atoms with Crippen LogP contribution in [0.25, 0.3) is 0 Å². The molecular weight excluding hydrogens is 255 g/mol. The largest absolute Gasteiger partial charge is 0.399 e. The summed E-state index contributed by atoms with van der Waals surface area (Å²) in [4.78, 5) is -0.0699. The quantitative estimate of drug-likeness (QED) is 0.824. The molecule has 1 aromatic carbocycles. The number of nitrogen functional groups attached to an aromatic ring is 1. The molecular formula is C12H17FN2O2S. The summed E-state index contributed by atoms with van der Waals surface area (Å²) in [7, 11) is -3.69. The molecule has 3 N–H and O–H groups in total. The molecule has 0 aliphatic heterocycles. The first-order chi connectivity index (χ1) is 8.29. The average molecular weight is 272 g/mol. The van der Waals surface area contributed by atoms with Crippen molar-refractivity contribution in [1.29, 1.82) is 0 Å². The van der Waals surface area contributed by atoms with Gasteiger partial charge in [-0.1, -0.05) is 6.92 Å². The van der Waals surface area contributed by atoms with Gasteiger partial charge in [-0.25, -0.2) is 17.5 Å². The average Bonchev–Trinajstić information content (AvgIpc) is 2.20. The topological polar surface area (TPSA) is 72.2 Å². The van der Waals surface area contributed by atoms with Gasteiger partial charge in [-0.3, -0.25) is 0 Å². The van der Waals surface area contributed by atoms with E-state index >= 15 is 0 Å². The van der Waals surface area contributed by atoms with Crippen LogP contribution in [0.2, 0.25) is 0 Å². The number of hydrogen-bond donors (Lipinski definition) is 2. The summed E-state index contributed by atoms with van der Waals surface area (Å²) in [6, 6.07) is 2.37. The molecule has 0 saturated heterocycles. The van der Waals surface area contributed by atoms with Crippen LogP contribution in [0.15, 0.2) is 17.0 Å². The Morgan fingerprint density at radius 1 is 1.39 bits per heavy atom. The normalized spacial score (nSPS) is 23.7. The summed E-state index contributed by atoms with van der Waals surface area (Å²) in [6.07, 6.45) is 1.64. The molecule has 2 rings (SSSR count). The highest BCUT2D eigenvalue weighted by Gasteiger charge is 2.30. The predicted octanol–water partition coefficient (Wildman–Crippen LogP) is 1.79. The van der Waals surface area contributed by atoms with E-state index in [1.54, 1.807) is 0 Å². The second-order valence-corrected chi connectivity index (χ2v) is 6.70. The van der Waals surface area contributed by atoms with E-state index in [2.05, 4.69) is 11.6 Å². The molecule has 4 nitrogen and oxygen atoms in total. The lowest BCUT2D eigenvalue weighted by Gasteiger charge is -2.33. The number of anilines is 1. The van der Waals surface area contributed by atoms with Crippen LogP contribution in [0, 0.1) is 18.7 Å². The van der Waals surface area contributed by atoms with Crippen LogP contribution >= 0.6 is 0 Å². The molecule has 0 aromatic heterocycles. The number of nitrogens with two attached hydrogens (primary N) is 1. The van der Waals surface area contributed by atoms with Gasteiger partial charge < -0.3 is 5.73 Å². The fraction of sp³-hybridized carbons (Fsp3) is 0.500. The maximum absolute atomic E-state index is 13.5. The van der Waals surface area contributed by atoms with E-state index in [0.29, 0.717) is 5.92 Å². The molecule has 1 aromatic rings. The van der Waals surface area contributed by atoms with Crippen molar-refractivity contribution < 1.29 is 12.8 Å². The van der Waals surface area contributed by atoms with Crippen LogP contribution in [0.3, 0.4) is 0 Å². The van der Waals surface area contributed by atoms with Gasteiger partial charge in [-0.15, -0.1) is 0 Å². The first-order valence-electron chi connectivity index (χ1n) is 5.87. The van der Waals surface area contributed by atoms with Crippen LogP contribution in [0.1, 0.15) is 25.3 Å². The van der Waals surface area contributed by atoms with E-state index in [-0.39, 0.29) is 22.2 Å². The number of rotatable bonds is 3. The van der Waals surface area contributed by atoms with Crippen molar-refractivity contribution >= 4 is 15.7 Å². The molecule has 100 valence electrons. The van der Waals surface area contributed by atoms with Gasteiger partial charge in [0.05, 0.1) is 4.90 Å². The smallest absolute Gasteiger partial charge is 0.241 e. The van der Waals surface area contributed by atoms with Crippen molar-refractivity contribution in [1.82, 2.24) is 4.72 Å². The highest BCUT2D eigenvalue weighted by atomic mass is 32.2. The van der Waals surface area contributed by atoms with Crippen molar-refractivity contribution in [3.8, 4) is 0 Å². The van der Waals surface area contributed by atoms with Gasteiger partial charge in [0.1, 0.15) is 5.82 Å². The maximum Gasteiger partial charge on any atom is 0.241 e. The van der Waals surface area contributed by atoms with Gasteiger partial charge in [-0.2, -0.15) is 0 Å². The molecule has 0 radical (unpaired) electrons. The molecule has 1 aliphatic rings. The zero-order valence-electron chi connectivity index (χ0n) is 10.4. The van der Waals surface area contributed by atoms with Crippen LogP contribution in [-0.4, -0.2) is 14.5 Å². The fourth-order valence-electron chi connectivity index (χ4n) is 2.23. The lowest BCUT2D eigenvalue weighted by Crippen LogP contribution is -2.43. The molecule has 1 saturated carbocycles. The van der Waals surface area contributed by atoms with Crippen molar-refractivity contribution in [3.63, 3.8) is 0 Å². The van der Waals surface area contributed by atoms with Gasteiger partial charge in [-0.05, 0) is 37.8 Å². The summed E-state index contributed by atoms with van der Waals surface area (Å²) in [6.45, 7) is 3.50. The van der Waals surface area contributed by atoms with E-state index in [0.717, 1.165) is 18.9 Å². The monoisotopic (exact) mass is 272 g/mol. The first kappa shape index (κ1) is 13.3. The van der Waals surface area contributed by atoms with E-state index in [1.807, 2.05) is 0 Å². The van der Waals surface area contributed by atoms with Gasteiger partial charge >= 0.3 is 0 Å². The van der Waals surface area contributed by atoms with Crippen molar-refractivity contribution in [2.45, 2.75) is 37.6 Å². The molecule has 1 fully saturated rings. The minimum atomic E-state index is -3.69. The van der Waals surface area contributed by atoms with Gasteiger partial charge in [0, 0.05) is 17.3 Å². The third-order valence-electron chi connectivity index (χ3n) is 3.30. The number of nitrogens with one attached hydrogen (secondary N) is 1. The van der Waals surface area contributed by atoms with Crippen molar-refractivity contribution in [2.75, 3.05) is 5.73 Å². The first-order valence-corrected chi connectivity index (χ1v) is 7.36. The summed E-state index contributed by atoms with van der Waals surface area (Å²) >= 11 is 0. The van der Waals surface area contributed by atoms with Gasteiger partial charge in [0.2, 0.25) is 10.0 Å². The molecule has 0 heterocycles. The second-order valence-electron chi connectivity index (χ2n) is 5.02. The van der Waals surface area contributed by atoms with Crippen LogP contribution in [-0.2, 0) is 10.0 Å². The summed E-state index contributed by atoms with van der Waals surface area (Å²) in [5.74, 6) is -0.0614. The number of sulfonamides is 1. The van der Waals surface area contributed by atoms with Crippen molar-refractivity contribution in [2.24, 2.45) is 5.92 Å². The lowest BCUT2D eigenvalue weighted by molar-refractivity contribution is 0.270. The summed E-state index contributed by atoms with van der Waals surface area (Å²) in [5.41, 5.74) is 5.70. The third kappa shape index (κ3) is 2.49. The Labute approximate surface area is 106 Å². The Kier molecular flexibility index (Phi) is 3.33. The molecule has 18 heavy (non-hydrogen) atoms. The minimum absolute atomic E-state index is 0.0473. The molecule has 0 bridgehead atoms. The second kappa shape index (κ2) is 4.51. The number of halogens is 1. The summed E-state index contributed by atoms with van der Waals surface area (Å²) in [5, 5.41) is 0. The SMILES string of the molecule is Cc1c(F)cc(N)cc1S(=O)(=O)NC1CC(C)C1. The lowest BCUT2D eigenvalue weighted by atomic mass is 9.83. The number of hydrogen-bond acceptors (Lipinski definition) is 3. The maximum atomic E-state index is 13.5. The zero-order valence-corrected chi connectivity index (χ0v) is 11.2. The highest BCUT2D eigenvalue weighted by Crippen LogP contribution is 2.29. The van der Waals surface area contributed by atoms with E-state index in [4.69, 9.17) is 5.73 Å². The van der Waals surface area contributed by atoms with E-state index in [9.17, 15) is 12.8 Å². The van der Waals surface area contributed by atoms with Gasteiger partial charge in [0.15, 0.2) is 0 Å². The Morgan fingerprint density at radius 2 is 2.00 bits per heavy atom. The zero-order chi connectivity index (χ0) is 13.5. The van der Waals surface area contributed by atoms with E-state index in [1.165, 1.54) is 13.0 Å². The summed E-state index contributed by atoms with van der Waals surface area (Å²) < 4.78 is 40.3. The predicted molar refractivity (Wildman–Crippen MR) is 68.1 cm³/mol. The molecule has 6 heteroatoms. The molecule has 0 atom stereocenters. The molecule has 0 amide bonds. The van der Waals surface area contributed by atoms with E-state index < -0.39 is 15.8 Å². The fourth-order valence-corrected chi connectivity index (χ4v) is 3.78. The number of benzene rings is 1. The van der Waals surface area contributed by atoms with Crippen LogP contribution in [0.5, 0.6) is 0 Å². The van der Waals surface area contributed by atoms with Crippen LogP contribution in [0.4, 0.5) is 10.1 Å². The Hall–Kier alpha value is -1.14.